The second-order valence-corrected chi connectivity index (χ2v) is 7.80. The summed E-state index contributed by atoms with van der Waals surface area (Å²) in [5.74, 6) is 1.81. The van der Waals surface area contributed by atoms with Crippen LogP contribution < -0.4 is 0 Å². The van der Waals surface area contributed by atoms with Gasteiger partial charge in [-0.25, -0.2) is 0 Å². The Kier molecular flexibility index (Phi) is 3.33. The number of rotatable bonds is 1. The van der Waals surface area contributed by atoms with Gasteiger partial charge in [0.1, 0.15) is 5.75 Å². The quantitative estimate of drug-likeness (QED) is 0.468. The number of aliphatic hydroxyl groups is 1. The van der Waals surface area contributed by atoms with Crippen molar-refractivity contribution in [2.24, 2.45) is 22.4 Å². The molecule has 0 radical (unpaired) electrons. The van der Waals surface area contributed by atoms with Gasteiger partial charge in [-0.15, -0.1) is 0 Å². The van der Waals surface area contributed by atoms with Gasteiger partial charge in [-0.05, 0) is 84.1 Å². The van der Waals surface area contributed by atoms with Gasteiger partial charge >= 0.3 is 0 Å². The van der Waals surface area contributed by atoms with Crippen LogP contribution in [0.4, 0.5) is 0 Å². The molecule has 0 bridgehead atoms. The molecule has 3 aliphatic rings. The van der Waals surface area contributed by atoms with Gasteiger partial charge in [0.2, 0.25) is 0 Å². The van der Waals surface area contributed by atoms with Gasteiger partial charge in [-0.1, -0.05) is 18.1 Å². The third kappa shape index (κ3) is 2.07. The second-order valence-electron chi connectivity index (χ2n) is 7.80. The van der Waals surface area contributed by atoms with E-state index in [0.29, 0.717) is 23.5 Å². The van der Waals surface area contributed by atoms with E-state index in [4.69, 9.17) is 5.53 Å². The number of aromatic hydroxyl groups is 1. The maximum Gasteiger partial charge on any atom is 0.115 e. The van der Waals surface area contributed by atoms with Crippen LogP contribution in [0.1, 0.15) is 49.7 Å². The zero-order valence-corrected chi connectivity index (χ0v) is 13.4. The van der Waals surface area contributed by atoms with Gasteiger partial charge in [-0.3, -0.25) is 0 Å². The number of aliphatic hydroxyl groups excluding tert-OH is 1. The number of phenols is 1. The van der Waals surface area contributed by atoms with Crippen LogP contribution in [0, 0.1) is 17.3 Å². The highest BCUT2D eigenvalue weighted by atomic mass is 16.3. The van der Waals surface area contributed by atoms with Crippen molar-refractivity contribution in [1.29, 1.82) is 0 Å². The number of hydrogen-bond donors (Lipinski definition) is 2. The molecule has 5 nitrogen and oxygen atoms in total. The molecular weight excluding hydrogens is 290 g/mol. The van der Waals surface area contributed by atoms with E-state index in [1.54, 1.807) is 6.07 Å². The van der Waals surface area contributed by atoms with Gasteiger partial charge in [0.15, 0.2) is 0 Å². The smallest absolute Gasteiger partial charge is 0.115 e. The summed E-state index contributed by atoms with van der Waals surface area (Å²) >= 11 is 0. The average molecular weight is 313 g/mol. The largest absolute Gasteiger partial charge is 0.508 e. The minimum atomic E-state index is -0.523. The van der Waals surface area contributed by atoms with Gasteiger partial charge in [0.25, 0.3) is 0 Å². The molecule has 2 N–H and O–H groups in total. The summed E-state index contributed by atoms with van der Waals surface area (Å²) in [5.41, 5.74) is 11.3. The number of hydrogen-bond acceptors (Lipinski definition) is 3. The first-order valence-electron chi connectivity index (χ1n) is 8.58. The number of fused-ring (bicyclic) bond motifs is 5. The Hall–Kier alpha value is -1.71. The predicted molar refractivity (Wildman–Crippen MR) is 87.0 cm³/mol. The Morgan fingerprint density at radius 2 is 2.17 bits per heavy atom. The number of phenolic OH excluding ortho intramolecular Hbond substituents is 1. The topological polar surface area (TPSA) is 89.2 Å². The maximum atomic E-state index is 10.7. The molecule has 5 heteroatoms. The molecule has 0 aliphatic heterocycles. The zero-order chi connectivity index (χ0) is 16.2. The molecule has 23 heavy (non-hydrogen) atoms. The molecule has 0 unspecified atom stereocenters. The lowest BCUT2D eigenvalue weighted by Gasteiger charge is -2.50. The van der Waals surface area contributed by atoms with Gasteiger partial charge in [0.05, 0.1) is 12.1 Å². The number of aryl methyl sites for hydroxylation is 1. The van der Waals surface area contributed by atoms with E-state index in [1.165, 1.54) is 11.1 Å². The first kappa shape index (κ1) is 14.9. The molecule has 0 aromatic heterocycles. The fraction of sp³-hybridized carbons (Fsp3) is 0.667. The number of benzene rings is 1. The van der Waals surface area contributed by atoms with E-state index in [1.807, 2.05) is 6.07 Å². The summed E-state index contributed by atoms with van der Waals surface area (Å²) in [7, 11) is 0. The van der Waals surface area contributed by atoms with Gasteiger partial charge in [-0.2, -0.15) is 0 Å². The van der Waals surface area contributed by atoms with Crippen LogP contribution in [-0.4, -0.2) is 22.4 Å². The number of azide groups is 1. The van der Waals surface area contributed by atoms with Crippen molar-refractivity contribution < 1.29 is 10.2 Å². The standard InChI is InChI=1S/C18H23N3O2/c1-18-7-6-13-12-5-3-11(22)8-10(12)2-4-14(13)15(18)9-16(17(18)23)20-21-19/h3,5,8,13-17,22-23H,2,4,6-7,9H2,1H3/t13-,14-,15+,16-,17+,18+/m1/s1. The minimum absolute atomic E-state index is 0.131. The molecule has 0 heterocycles. The Balaban J connectivity index is 1.69. The van der Waals surface area contributed by atoms with Gasteiger partial charge < -0.3 is 10.2 Å². The van der Waals surface area contributed by atoms with E-state index < -0.39 is 6.10 Å². The van der Waals surface area contributed by atoms with Crippen LogP contribution >= 0.6 is 0 Å². The highest BCUT2D eigenvalue weighted by molar-refractivity contribution is 5.40. The highest BCUT2D eigenvalue weighted by Gasteiger charge is 2.57. The van der Waals surface area contributed by atoms with Crippen LogP contribution in [0.2, 0.25) is 0 Å². The predicted octanol–water partition coefficient (Wildman–Crippen LogP) is 3.90. The van der Waals surface area contributed by atoms with Crippen molar-refractivity contribution >= 4 is 0 Å². The summed E-state index contributed by atoms with van der Waals surface area (Å²) in [6.45, 7) is 2.18. The first-order chi connectivity index (χ1) is 11.0. The first-order valence-corrected chi connectivity index (χ1v) is 8.58. The molecule has 1 aromatic carbocycles. The fourth-order valence-electron chi connectivity index (χ4n) is 5.73. The van der Waals surface area contributed by atoms with E-state index in [9.17, 15) is 10.2 Å². The van der Waals surface area contributed by atoms with Gasteiger partial charge in [0, 0.05) is 4.91 Å². The maximum absolute atomic E-state index is 10.7. The third-order valence-corrected chi connectivity index (χ3v) is 6.88. The zero-order valence-electron chi connectivity index (χ0n) is 13.4. The lowest BCUT2D eigenvalue weighted by Crippen LogP contribution is -2.44. The molecule has 1 aromatic rings. The SMILES string of the molecule is C[C@]12CC[C@@H]3c4ccc(O)cc4CC[C@H]3[C@@H]1C[C@@H](N=[N+]=[N-])[C@@H]2O. The summed E-state index contributed by atoms with van der Waals surface area (Å²) < 4.78 is 0. The molecule has 2 saturated carbocycles. The van der Waals surface area contributed by atoms with Crippen molar-refractivity contribution in [2.45, 2.75) is 57.1 Å². The molecule has 0 amide bonds. The third-order valence-electron chi connectivity index (χ3n) is 6.88. The van der Waals surface area contributed by atoms with Crippen molar-refractivity contribution in [2.75, 3.05) is 0 Å². The Labute approximate surface area is 136 Å². The van der Waals surface area contributed by atoms with Crippen LogP contribution in [0.25, 0.3) is 10.4 Å². The molecule has 4 rings (SSSR count). The van der Waals surface area contributed by atoms with Crippen molar-refractivity contribution in [1.82, 2.24) is 0 Å². The van der Waals surface area contributed by atoms with Crippen LogP contribution in [-0.2, 0) is 6.42 Å². The van der Waals surface area contributed by atoms with Crippen LogP contribution in [0.15, 0.2) is 23.3 Å². The lowest BCUT2D eigenvalue weighted by molar-refractivity contribution is -0.0255. The Bertz CT molecular complexity index is 685. The van der Waals surface area contributed by atoms with E-state index in [2.05, 4.69) is 23.0 Å². The normalized spacial score (nSPS) is 41.4. The fourth-order valence-corrected chi connectivity index (χ4v) is 5.73. The average Bonchev–Trinajstić information content (AvgIpc) is 2.79. The Morgan fingerprint density at radius 3 is 2.96 bits per heavy atom. The summed E-state index contributed by atoms with van der Waals surface area (Å²) in [4.78, 5) is 2.94. The summed E-state index contributed by atoms with van der Waals surface area (Å²) in [6, 6.07) is 5.50. The van der Waals surface area contributed by atoms with Crippen molar-refractivity contribution in [3.05, 3.63) is 39.8 Å². The van der Waals surface area contributed by atoms with Crippen molar-refractivity contribution in [3.8, 4) is 5.75 Å². The summed E-state index contributed by atoms with van der Waals surface area (Å²) in [6.07, 6.45) is 4.39. The van der Waals surface area contributed by atoms with Crippen molar-refractivity contribution in [3.63, 3.8) is 0 Å². The molecule has 2 fully saturated rings. The molecule has 3 aliphatic carbocycles. The van der Waals surface area contributed by atoms with Crippen LogP contribution in [0.5, 0.6) is 5.75 Å². The van der Waals surface area contributed by atoms with E-state index >= 15 is 0 Å². The minimum Gasteiger partial charge on any atom is -0.508 e. The Morgan fingerprint density at radius 1 is 1.35 bits per heavy atom. The number of nitrogens with zero attached hydrogens (tertiary/aromatic N) is 3. The monoisotopic (exact) mass is 313 g/mol. The summed E-state index contributed by atoms with van der Waals surface area (Å²) in [5, 5.41) is 24.3. The van der Waals surface area contributed by atoms with E-state index in [0.717, 1.165) is 32.1 Å². The molecule has 0 spiro atoms. The molecule has 6 atom stereocenters. The highest BCUT2D eigenvalue weighted by Crippen LogP contribution is 2.61. The van der Waals surface area contributed by atoms with Crippen LogP contribution in [0.3, 0.4) is 0 Å². The second kappa shape index (κ2) is 5.15. The molecule has 122 valence electrons. The van der Waals surface area contributed by atoms with E-state index in [-0.39, 0.29) is 11.5 Å². The molecule has 0 saturated heterocycles. The lowest BCUT2D eigenvalue weighted by atomic mass is 9.55. The molecular formula is C18H23N3O2.